The number of rotatable bonds is 13. The third-order valence-corrected chi connectivity index (χ3v) is 8.29. The lowest BCUT2D eigenvalue weighted by molar-refractivity contribution is -0.136. The molecule has 2 unspecified atom stereocenters. The number of imide groups is 2. The molecule has 3 N–H and O–H groups in total. The van der Waals surface area contributed by atoms with E-state index in [1.165, 1.54) is 0 Å². The van der Waals surface area contributed by atoms with Gasteiger partial charge in [0.25, 0.3) is 11.8 Å². The first-order valence-electron chi connectivity index (χ1n) is 15.5. The van der Waals surface area contributed by atoms with Crippen molar-refractivity contribution in [3.8, 4) is 0 Å². The average molecular weight is 623 g/mol. The second-order valence-corrected chi connectivity index (χ2v) is 11.5. The van der Waals surface area contributed by atoms with Gasteiger partial charge in [-0.05, 0) is 55.7 Å². The van der Waals surface area contributed by atoms with Crippen molar-refractivity contribution >= 4 is 46.2 Å². The van der Waals surface area contributed by atoms with Crippen molar-refractivity contribution in [2.45, 2.75) is 63.5 Å². The van der Waals surface area contributed by atoms with Crippen LogP contribution in [0.1, 0.15) is 89.6 Å². The first kappa shape index (κ1) is 30.6. The first-order valence-corrected chi connectivity index (χ1v) is 15.5. The van der Waals surface area contributed by atoms with Crippen LogP contribution in [0.5, 0.6) is 0 Å². The van der Waals surface area contributed by atoms with Gasteiger partial charge < -0.3 is 15.1 Å². The van der Waals surface area contributed by atoms with Crippen LogP contribution in [0.25, 0.3) is 11.0 Å². The molecule has 2 aliphatic rings. The van der Waals surface area contributed by atoms with Gasteiger partial charge >= 0.3 is 0 Å². The van der Waals surface area contributed by atoms with E-state index < -0.39 is 35.7 Å². The number of para-hydroxylation sites is 1. The van der Waals surface area contributed by atoms with Gasteiger partial charge in [0.15, 0.2) is 0 Å². The molecule has 2 aliphatic heterocycles. The summed E-state index contributed by atoms with van der Waals surface area (Å²) in [6.07, 6.45) is 6.42. The third-order valence-electron chi connectivity index (χ3n) is 8.29. The van der Waals surface area contributed by atoms with Gasteiger partial charge in [-0.3, -0.25) is 34.2 Å². The van der Waals surface area contributed by atoms with Crippen molar-refractivity contribution in [3.63, 3.8) is 0 Å². The lowest BCUT2D eigenvalue weighted by Crippen LogP contribution is -2.54. The molecule has 1 fully saturated rings. The molecule has 12 nitrogen and oxygen atoms in total. The Morgan fingerprint density at radius 2 is 1.78 bits per heavy atom. The van der Waals surface area contributed by atoms with Crippen molar-refractivity contribution in [1.29, 1.82) is 0 Å². The molecule has 5 amide bonds. The second-order valence-electron chi connectivity index (χ2n) is 11.5. The summed E-state index contributed by atoms with van der Waals surface area (Å²) in [6.45, 7) is 0.591. The summed E-state index contributed by atoms with van der Waals surface area (Å²) in [5.41, 5.74) is 2.39. The van der Waals surface area contributed by atoms with Crippen LogP contribution in [0.4, 0.5) is 5.69 Å². The Morgan fingerprint density at radius 1 is 0.957 bits per heavy atom. The topological polar surface area (TPSA) is 164 Å². The minimum absolute atomic E-state index is 0.0749. The van der Waals surface area contributed by atoms with Crippen LogP contribution in [0.3, 0.4) is 0 Å². The highest BCUT2D eigenvalue weighted by Crippen LogP contribution is 2.32. The minimum atomic E-state index is -0.997. The first-order chi connectivity index (χ1) is 22.4. The summed E-state index contributed by atoms with van der Waals surface area (Å²) < 4.78 is 6.02. The summed E-state index contributed by atoms with van der Waals surface area (Å²) in [5, 5.41) is 17.7. The number of fused-ring (bicyclic) bond motifs is 2. The van der Waals surface area contributed by atoms with Crippen LogP contribution >= 0.6 is 0 Å². The predicted octanol–water partition coefficient (Wildman–Crippen LogP) is 4.28. The maximum absolute atomic E-state index is 13.2. The van der Waals surface area contributed by atoms with E-state index in [0.717, 1.165) is 48.0 Å². The molecule has 0 bridgehead atoms. The van der Waals surface area contributed by atoms with Gasteiger partial charge in [-0.25, -0.2) is 0 Å². The molecule has 4 aromatic rings. The standard InChI is InChI=1S/C34H34N6O6/c41-28(37-31(24-13-9-19-36-39-24)27-20-21-10-5-6-14-26(21)46-27)15-4-2-1-3-7-18-35-23-12-8-11-22-30(23)34(45)40(33(22)44)25-16-17-29(42)38-32(25)43/h5-6,8-14,19-20,25,31,35H,1-4,7,15-18H2,(H,37,41)(H,38,42,43). The van der Waals surface area contributed by atoms with Gasteiger partial charge in [0.1, 0.15) is 23.4 Å². The van der Waals surface area contributed by atoms with Crippen LogP contribution in [0, 0.1) is 0 Å². The summed E-state index contributed by atoms with van der Waals surface area (Å²) in [4.78, 5) is 64.0. The zero-order chi connectivity index (χ0) is 32.0. The number of carbonyl (C=O) groups excluding carboxylic acids is 5. The Morgan fingerprint density at radius 3 is 2.59 bits per heavy atom. The molecule has 4 heterocycles. The normalized spacial score (nSPS) is 16.8. The van der Waals surface area contributed by atoms with Gasteiger partial charge in [0.05, 0.1) is 16.8 Å². The van der Waals surface area contributed by atoms with E-state index in [9.17, 15) is 24.0 Å². The Bertz CT molecular complexity index is 1750. The van der Waals surface area contributed by atoms with Gasteiger partial charge in [0, 0.05) is 36.7 Å². The molecule has 46 heavy (non-hydrogen) atoms. The quantitative estimate of drug-likeness (QED) is 0.146. The van der Waals surface area contributed by atoms with Gasteiger partial charge in [-0.2, -0.15) is 10.2 Å². The van der Waals surface area contributed by atoms with Crippen LogP contribution in [-0.2, 0) is 14.4 Å². The van der Waals surface area contributed by atoms with E-state index in [2.05, 4.69) is 26.1 Å². The van der Waals surface area contributed by atoms with Crippen molar-refractivity contribution in [2.75, 3.05) is 11.9 Å². The van der Waals surface area contributed by atoms with Crippen molar-refractivity contribution in [2.24, 2.45) is 0 Å². The van der Waals surface area contributed by atoms with E-state index in [0.29, 0.717) is 30.1 Å². The number of aromatic nitrogens is 2. The average Bonchev–Trinajstić information content (AvgIpc) is 3.60. The van der Waals surface area contributed by atoms with Crippen LogP contribution < -0.4 is 16.0 Å². The number of nitrogens with zero attached hydrogens (tertiary/aromatic N) is 3. The summed E-state index contributed by atoms with van der Waals surface area (Å²) in [7, 11) is 0. The number of carbonyl (C=O) groups is 5. The Hall–Kier alpha value is -5.39. The van der Waals surface area contributed by atoms with E-state index in [1.807, 2.05) is 36.4 Å². The molecule has 6 rings (SSSR count). The molecule has 2 aromatic carbocycles. The van der Waals surface area contributed by atoms with E-state index in [4.69, 9.17) is 4.42 Å². The molecular weight excluding hydrogens is 588 g/mol. The number of hydrogen-bond acceptors (Lipinski definition) is 9. The number of benzene rings is 2. The predicted molar refractivity (Wildman–Crippen MR) is 168 cm³/mol. The zero-order valence-electron chi connectivity index (χ0n) is 25.2. The largest absolute Gasteiger partial charge is 0.458 e. The molecule has 0 spiro atoms. The lowest BCUT2D eigenvalue weighted by Gasteiger charge is -2.27. The fourth-order valence-corrected chi connectivity index (χ4v) is 5.96. The third kappa shape index (κ3) is 6.51. The lowest BCUT2D eigenvalue weighted by atomic mass is 10.0. The number of hydrogen-bond donors (Lipinski definition) is 3. The van der Waals surface area contributed by atoms with Crippen molar-refractivity contribution in [3.05, 3.63) is 89.4 Å². The van der Waals surface area contributed by atoms with Crippen LogP contribution in [-0.4, -0.2) is 57.2 Å². The van der Waals surface area contributed by atoms with Crippen LogP contribution in [0.15, 0.2) is 71.3 Å². The van der Waals surface area contributed by atoms with Crippen LogP contribution in [0.2, 0.25) is 0 Å². The zero-order valence-corrected chi connectivity index (χ0v) is 25.2. The number of nitrogens with one attached hydrogen (secondary N) is 3. The number of furan rings is 1. The molecular formula is C34H34N6O6. The number of amides is 5. The van der Waals surface area contributed by atoms with E-state index in [-0.39, 0.29) is 29.9 Å². The van der Waals surface area contributed by atoms with Crippen molar-refractivity contribution < 1.29 is 28.4 Å². The monoisotopic (exact) mass is 622 g/mol. The SMILES string of the molecule is O=C1CCC(N2C(=O)c3cccc(NCCCCCCCC(=O)NC(c4cccnn4)c4cc5ccccc5o4)c3C2=O)C(=O)N1. The molecule has 2 atom stereocenters. The summed E-state index contributed by atoms with van der Waals surface area (Å²) in [5.74, 6) is -1.59. The van der Waals surface area contributed by atoms with Crippen molar-refractivity contribution in [1.82, 2.24) is 25.7 Å². The molecule has 0 aliphatic carbocycles. The highest BCUT2D eigenvalue weighted by atomic mass is 16.3. The van der Waals surface area contributed by atoms with Gasteiger partial charge in [-0.15, -0.1) is 0 Å². The fourth-order valence-electron chi connectivity index (χ4n) is 5.96. The number of unbranched alkanes of at least 4 members (excludes halogenated alkanes) is 4. The molecule has 1 saturated heterocycles. The molecule has 2 aromatic heterocycles. The van der Waals surface area contributed by atoms with Gasteiger partial charge in [-0.1, -0.05) is 43.5 Å². The highest BCUT2D eigenvalue weighted by Gasteiger charge is 2.45. The van der Waals surface area contributed by atoms with E-state index >= 15 is 0 Å². The highest BCUT2D eigenvalue weighted by molar-refractivity contribution is 6.25. The smallest absolute Gasteiger partial charge is 0.264 e. The van der Waals surface area contributed by atoms with Gasteiger partial charge in [0.2, 0.25) is 17.7 Å². The maximum atomic E-state index is 13.2. The molecule has 0 saturated carbocycles. The maximum Gasteiger partial charge on any atom is 0.264 e. The molecule has 236 valence electrons. The Kier molecular flexibility index (Phi) is 9.13. The summed E-state index contributed by atoms with van der Waals surface area (Å²) >= 11 is 0. The van der Waals surface area contributed by atoms with E-state index in [1.54, 1.807) is 30.5 Å². The molecule has 12 heteroatoms. The number of anilines is 1. The fraction of sp³-hybridized carbons (Fsp3) is 0.324. The Balaban J connectivity index is 0.947. The number of piperidine rings is 1. The second kappa shape index (κ2) is 13.7. The summed E-state index contributed by atoms with van der Waals surface area (Å²) in [6, 6.07) is 16.7. The Labute approximate surface area is 264 Å². The molecule has 0 radical (unpaired) electrons. The minimum Gasteiger partial charge on any atom is -0.458 e.